The molecule has 2 aromatic carbocycles. The van der Waals surface area contributed by atoms with Gasteiger partial charge in [0.25, 0.3) is 5.91 Å². The van der Waals surface area contributed by atoms with Crippen molar-refractivity contribution < 1.29 is 14.3 Å². The highest BCUT2D eigenvalue weighted by atomic mass is 16.5. The van der Waals surface area contributed by atoms with E-state index in [4.69, 9.17) is 9.47 Å². The molecule has 0 unspecified atom stereocenters. The van der Waals surface area contributed by atoms with Gasteiger partial charge in [-0.05, 0) is 60.9 Å². The standard InChI is InChI=1S/C22H22N2O3/c1-5-10-27-20-9-7-17(13-21(20)26-4)12-18(14-23)22(25)24-19-8-6-15(2)16(3)11-19/h5-9,11-13H,1,10H2,2-4H3,(H,24,25)/b18-12+. The summed E-state index contributed by atoms with van der Waals surface area (Å²) in [6.07, 6.45) is 3.15. The predicted molar refractivity (Wildman–Crippen MR) is 107 cm³/mol. The molecular weight excluding hydrogens is 340 g/mol. The van der Waals surface area contributed by atoms with Gasteiger partial charge in [0.15, 0.2) is 11.5 Å². The number of nitriles is 1. The van der Waals surface area contributed by atoms with Crippen LogP contribution >= 0.6 is 0 Å². The van der Waals surface area contributed by atoms with E-state index in [2.05, 4.69) is 11.9 Å². The van der Waals surface area contributed by atoms with E-state index < -0.39 is 5.91 Å². The summed E-state index contributed by atoms with van der Waals surface area (Å²) in [5.41, 5.74) is 3.50. The zero-order valence-corrected chi connectivity index (χ0v) is 15.7. The first-order valence-electron chi connectivity index (χ1n) is 8.40. The average Bonchev–Trinajstić information content (AvgIpc) is 2.67. The van der Waals surface area contributed by atoms with E-state index in [9.17, 15) is 10.1 Å². The molecule has 5 heteroatoms. The summed E-state index contributed by atoms with van der Waals surface area (Å²) in [5, 5.41) is 12.1. The van der Waals surface area contributed by atoms with Gasteiger partial charge in [0.2, 0.25) is 0 Å². The van der Waals surface area contributed by atoms with E-state index >= 15 is 0 Å². The molecule has 0 bridgehead atoms. The second-order valence-corrected chi connectivity index (χ2v) is 5.93. The third kappa shape index (κ3) is 5.23. The Labute approximate surface area is 159 Å². The van der Waals surface area contributed by atoms with Crippen molar-refractivity contribution in [3.05, 3.63) is 71.3 Å². The number of nitrogens with zero attached hydrogens (tertiary/aromatic N) is 1. The summed E-state index contributed by atoms with van der Waals surface area (Å²) in [4.78, 5) is 12.4. The van der Waals surface area contributed by atoms with E-state index in [0.717, 1.165) is 11.1 Å². The van der Waals surface area contributed by atoms with Crippen molar-refractivity contribution in [3.63, 3.8) is 0 Å². The van der Waals surface area contributed by atoms with Gasteiger partial charge >= 0.3 is 0 Å². The molecule has 0 heterocycles. The summed E-state index contributed by atoms with van der Waals surface area (Å²) in [5.74, 6) is 0.608. The molecule has 0 saturated carbocycles. The molecule has 138 valence electrons. The number of methoxy groups -OCH3 is 1. The van der Waals surface area contributed by atoms with Crippen LogP contribution in [0.2, 0.25) is 0 Å². The third-order valence-electron chi connectivity index (χ3n) is 3.99. The molecule has 0 saturated heterocycles. The Morgan fingerprint density at radius 3 is 2.59 bits per heavy atom. The van der Waals surface area contributed by atoms with Gasteiger partial charge in [-0.2, -0.15) is 5.26 Å². The molecule has 0 aliphatic heterocycles. The van der Waals surface area contributed by atoms with Gasteiger partial charge in [-0.1, -0.05) is 24.8 Å². The molecule has 0 spiro atoms. The minimum Gasteiger partial charge on any atom is -0.493 e. The smallest absolute Gasteiger partial charge is 0.266 e. The first-order valence-corrected chi connectivity index (χ1v) is 8.40. The highest BCUT2D eigenvalue weighted by molar-refractivity contribution is 6.09. The maximum absolute atomic E-state index is 12.4. The van der Waals surface area contributed by atoms with Crippen LogP contribution in [0.1, 0.15) is 16.7 Å². The molecule has 1 N–H and O–H groups in total. The number of hydrogen-bond acceptors (Lipinski definition) is 4. The quantitative estimate of drug-likeness (QED) is 0.449. The lowest BCUT2D eigenvalue weighted by Crippen LogP contribution is -2.13. The molecule has 0 aliphatic rings. The number of carbonyl (C=O) groups is 1. The fourth-order valence-corrected chi connectivity index (χ4v) is 2.37. The summed E-state index contributed by atoms with van der Waals surface area (Å²) in [7, 11) is 1.53. The van der Waals surface area contributed by atoms with E-state index in [0.29, 0.717) is 29.4 Å². The fourth-order valence-electron chi connectivity index (χ4n) is 2.37. The van der Waals surface area contributed by atoms with Crippen LogP contribution in [0.5, 0.6) is 11.5 Å². The third-order valence-corrected chi connectivity index (χ3v) is 3.99. The second-order valence-electron chi connectivity index (χ2n) is 5.93. The van der Waals surface area contributed by atoms with Crippen LogP contribution in [0, 0.1) is 25.2 Å². The Morgan fingerprint density at radius 1 is 1.19 bits per heavy atom. The van der Waals surface area contributed by atoms with Gasteiger partial charge in [0.05, 0.1) is 7.11 Å². The van der Waals surface area contributed by atoms with Crippen LogP contribution in [-0.4, -0.2) is 19.6 Å². The molecule has 5 nitrogen and oxygen atoms in total. The van der Waals surface area contributed by atoms with Gasteiger partial charge in [0, 0.05) is 5.69 Å². The van der Waals surface area contributed by atoms with Gasteiger partial charge in [-0.15, -0.1) is 0 Å². The number of amides is 1. The number of carbonyl (C=O) groups excluding carboxylic acids is 1. The van der Waals surface area contributed by atoms with Crippen molar-refractivity contribution in [2.75, 3.05) is 19.0 Å². The van der Waals surface area contributed by atoms with Crippen LogP contribution in [0.3, 0.4) is 0 Å². The van der Waals surface area contributed by atoms with Gasteiger partial charge < -0.3 is 14.8 Å². The molecule has 0 radical (unpaired) electrons. The highest BCUT2D eigenvalue weighted by Gasteiger charge is 2.11. The Kier molecular flexibility index (Phi) is 6.79. The minimum absolute atomic E-state index is 0.00459. The first-order chi connectivity index (χ1) is 13.0. The molecule has 0 fully saturated rings. The lowest BCUT2D eigenvalue weighted by Gasteiger charge is -2.10. The molecule has 0 aliphatic carbocycles. The van der Waals surface area contributed by atoms with Gasteiger partial charge in [0.1, 0.15) is 18.2 Å². The molecule has 0 aromatic heterocycles. The van der Waals surface area contributed by atoms with Crippen molar-refractivity contribution in [2.24, 2.45) is 0 Å². The lowest BCUT2D eigenvalue weighted by molar-refractivity contribution is -0.112. The minimum atomic E-state index is -0.466. The Morgan fingerprint density at radius 2 is 1.96 bits per heavy atom. The summed E-state index contributed by atoms with van der Waals surface area (Å²) < 4.78 is 10.8. The van der Waals surface area contributed by atoms with E-state index in [-0.39, 0.29) is 5.57 Å². The molecule has 0 atom stereocenters. The first kappa shape index (κ1) is 19.8. The highest BCUT2D eigenvalue weighted by Crippen LogP contribution is 2.29. The number of aryl methyl sites for hydroxylation is 2. The average molecular weight is 362 g/mol. The normalized spacial score (nSPS) is 10.7. The Balaban J connectivity index is 2.23. The number of anilines is 1. The molecular formula is C22H22N2O3. The predicted octanol–water partition coefficient (Wildman–Crippen LogP) is 4.42. The number of nitrogens with one attached hydrogen (secondary N) is 1. The maximum Gasteiger partial charge on any atom is 0.266 e. The largest absolute Gasteiger partial charge is 0.493 e. The summed E-state index contributed by atoms with van der Waals surface area (Å²) >= 11 is 0. The van der Waals surface area contributed by atoms with Crippen molar-refractivity contribution in [2.45, 2.75) is 13.8 Å². The SMILES string of the molecule is C=CCOc1ccc(/C=C(\C#N)C(=O)Nc2ccc(C)c(C)c2)cc1OC. The van der Waals surface area contributed by atoms with Gasteiger partial charge in [-0.25, -0.2) is 0 Å². The number of rotatable bonds is 7. The van der Waals surface area contributed by atoms with Crippen molar-refractivity contribution >= 4 is 17.7 Å². The van der Waals surface area contributed by atoms with Crippen LogP contribution in [-0.2, 0) is 4.79 Å². The summed E-state index contributed by atoms with van der Waals surface area (Å²) in [6.45, 7) is 7.93. The molecule has 2 aromatic rings. The van der Waals surface area contributed by atoms with Crippen molar-refractivity contribution in [1.82, 2.24) is 0 Å². The zero-order chi connectivity index (χ0) is 19.8. The number of benzene rings is 2. The van der Waals surface area contributed by atoms with Crippen LogP contribution in [0.15, 0.2) is 54.6 Å². The fraction of sp³-hybridized carbons (Fsp3) is 0.182. The van der Waals surface area contributed by atoms with Crippen LogP contribution in [0.4, 0.5) is 5.69 Å². The maximum atomic E-state index is 12.4. The van der Waals surface area contributed by atoms with Crippen molar-refractivity contribution in [1.29, 1.82) is 5.26 Å². The van der Waals surface area contributed by atoms with Gasteiger partial charge in [-0.3, -0.25) is 4.79 Å². The molecule has 1 amide bonds. The molecule has 2 rings (SSSR count). The molecule has 27 heavy (non-hydrogen) atoms. The second kappa shape index (κ2) is 9.25. The topological polar surface area (TPSA) is 71.3 Å². The van der Waals surface area contributed by atoms with Crippen LogP contribution < -0.4 is 14.8 Å². The zero-order valence-electron chi connectivity index (χ0n) is 15.7. The Hall–Kier alpha value is -3.52. The van der Waals surface area contributed by atoms with Crippen molar-refractivity contribution in [3.8, 4) is 17.6 Å². The monoisotopic (exact) mass is 362 g/mol. The number of hydrogen-bond donors (Lipinski definition) is 1. The summed E-state index contributed by atoms with van der Waals surface area (Å²) in [6, 6.07) is 12.7. The lowest BCUT2D eigenvalue weighted by atomic mass is 10.1. The number of ether oxygens (including phenoxy) is 2. The van der Waals surface area contributed by atoms with Crippen LogP contribution in [0.25, 0.3) is 6.08 Å². The Bertz CT molecular complexity index is 924. The van der Waals surface area contributed by atoms with E-state index in [1.165, 1.54) is 13.2 Å². The van der Waals surface area contributed by atoms with E-state index in [1.807, 2.05) is 38.1 Å². The van der Waals surface area contributed by atoms with E-state index in [1.54, 1.807) is 24.3 Å².